The third-order valence-electron chi connectivity index (χ3n) is 5.10. The highest BCUT2D eigenvalue weighted by atomic mass is 32.2. The summed E-state index contributed by atoms with van der Waals surface area (Å²) in [6, 6.07) is 11.3. The first-order valence-corrected chi connectivity index (χ1v) is 11.8. The van der Waals surface area contributed by atoms with Crippen molar-refractivity contribution in [3.05, 3.63) is 87.3 Å². The summed E-state index contributed by atoms with van der Waals surface area (Å²) in [4.78, 5) is 26.0. The molecule has 0 atom stereocenters. The van der Waals surface area contributed by atoms with E-state index >= 15 is 0 Å². The fourth-order valence-corrected chi connectivity index (χ4v) is 3.94. The fourth-order valence-electron chi connectivity index (χ4n) is 3.31. The highest BCUT2D eigenvalue weighted by Gasteiger charge is 2.31. The third kappa shape index (κ3) is 5.30. The highest BCUT2D eigenvalue weighted by Crippen LogP contribution is 2.31. The van der Waals surface area contributed by atoms with Gasteiger partial charge >= 0.3 is 6.18 Å². The highest BCUT2D eigenvalue weighted by molar-refractivity contribution is 7.90. The van der Waals surface area contributed by atoms with E-state index in [1.165, 1.54) is 56.5 Å². The molecule has 1 heterocycles. The van der Waals surface area contributed by atoms with Crippen molar-refractivity contribution in [3.8, 4) is 11.4 Å². The molecule has 1 amide bonds. The Morgan fingerprint density at radius 3 is 2.29 bits per heavy atom. The summed E-state index contributed by atoms with van der Waals surface area (Å²) in [6.07, 6.45) is -3.54. The molecule has 7 nitrogen and oxygen atoms in total. The molecule has 0 radical (unpaired) electrons. The van der Waals surface area contributed by atoms with Gasteiger partial charge in [-0.3, -0.25) is 14.2 Å². The molecule has 3 aromatic rings. The molecule has 0 unspecified atom stereocenters. The van der Waals surface area contributed by atoms with Gasteiger partial charge in [0.1, 0.15) is 11.3 Å². The van der Waals surface area contributed by atoms with E-state index in [0.717, 1.165) is 23.0 Å². The van der Waals surface area contributed by atoms with Crippen LogP contribution in [0.3, 0.4) is 0 Å². The van der Waals surface area contributed by atoms with E-state index < -0.39 is 33.0 Å². The molecule has 0 aliphatic rings. The van der Waals surface area contributed by atoms with Gasteiger partial charge in [0.2, 0.25) is 0 Å². The van der Waals surface area contributed by atoms with Gasteiger partial charge in [0.25, 0.3) is 11.5 Å². The maximum absolute atomic E-state index is 13.2. The van der Waals surface area contributed by atoms with Crippen LogP contribution in [-0.4, -0.2) is 32.3 Å². The molecule has 11 heteroatoms. The molecule has 0 saturated heterocycles. The first kappa shape index (κ1) is 25.0. The predicted octanol–water partition coefficient (Wildman–Crippen LogP) is 3.51. The number of benzene rings is 2. The number of rotatable bonds is 6. The number of sulfone groups is 1. The lowest BCUT2D eigenvalue weighted by Gasteiger charge is -2.17. The van der Waals surface area contributed by atoms with Gasteiger partial charge in [-0.05, 0) is 42.8 Å². The number of alkyl halides is 3. The standard InChI is InChI=1S/C23H21F3N2O5S/c1-14-20(33-2)12-19(21(29)27-13-15-7-9-18(10-8-15)34(3,31)32)22(30)28(14)17-6-4-5-16(11-17)23(24,25)26/h4-12H,13H2,1-3H3,(H,27,29). The molecule has 0 bridgehead atoms. The molecule has 34 heavy (non-hydrogen) atoms. The molecule has 0 saturated carbocycles. The monoisotopic (exact) mass is 494 g/mol. The van der Waals surface area contributed by atoms with E-state index in [1.807, 2.05) is 0 Å². The molecule has 0 fully saturated rings. The molecule has 0 aliphatic carbocycles. The second-order valence-corrected chi connectivity index (χ2v) is 9.51. The lowest BCUT2D eigenvalue weighted by atomic mass is 10.1. The van der Waals surface area contributed by atoms with Crippen molar-refractivity contribution in [2.45, 2.75) is 24.5 Å². The average Bonchev–Trinajstić information content (AvgIpc) is 2.77. The van der Waals surface area contributed by atoms with Crippen LogP contribution in [0, 0.1) is 6.92 Å². The SMILES string of the molecule is COc1cc(C(=O)NCc2ccc(S(C)(=O)=O)cc2)c(=O)n(-c2cccc(C(F)(F)F)c2)c1C. The molecule has 3 rings (SSSR count). The molecule has 1 N–H and O–H groups in total. The lowest BCUT2D eigenvalue weighted by molar-refractivity contribution is -0.137. The Balaban J connectivity index is 1.96. The molecular weight excluding hydrogens is 473 g/mol. The Bertz CT molecular complexity index is 1400. The van der Waals surface area contributed by atoms with Crippen molar-refractivity contribution in [2.24, 2.45) is 0 Å². The van der Waals surface area contributed by atoms with E-state index in [0.29, 0.717) is 5.56 Å². The number of pyridine rings is 1. The number of ether oxygens (including phenoxy) is 1. The number of hydrogen-bond donors (Lipinski definition) is 1. The van der Waals surface area contributed by atoms with Crippen LogP contribution < -0.4 is 15.6 Å². The lowest BCUT2D eigenvalue weighted by Crippen LogP contribution is -2.33. The summed E-state index contributed by atoms with van der Waals surface area (Å²) in [5.74, 6) is -0.629. The van der Waals surface area contributed by atoms with Crippen molar-refractivity contribution in [3.63, 3.8) is 0 Å². The minimum Gasteiger partial charge on any atom is -0.495 e. The van der Waals surface area contributed by atoms with Crippen LogP contribution in [0.25, 0.3) is 5.69 Å². The summed E-state index contributed by atoms with van der Waals surface area (Å²) in [7, 11) is -2.06. The first-order chi connectivity index (χ1) is 15.8. The predicted molar refractivity (Wildman–Crippen MR) is 119 cm³/mol. The smallest absolute Gasteiger partial charge is 0.416 e. The number of halogens is 3. The summed E-state index contributed by atoms with van der Waals surface area (Å²) in [5, 5.41) is 2.56. The van der Waals surface area contributed by atoms with Crippen LogP contribution in [0.5, 0.6) is 5.75 Å². The van der Waals surface area contributed by atoms with E-state index in [4.69, 9.17) is 4.74 Å². The number of carbonyl (C=O) groups is 1. The summed E-state index contributed by atoms with van der Waals surface area (Å²) in [5.41, 5.74) is -1.35. The van der Waals surface area contributed by atoms with Crippen molar-refractivity contribution >= 4 is 15.7 Å². The van der Waals surface area contributed by atoms with Crippen LogP contribution in [0.1, 0.15) is 27.2 Å². The van der Waals surface area contributed by atoms with Gasteiger partial charge in [0.15, 0.2) is 9.84 Å². The van der Waals surface area contributed by atoms with Crippen molar-refractivity contribution in [1.29, 1.82) is 0 Å². The summed E-state index contributed by atoms with van der Waals surface area (Å²) < 4.78 is 68.9. The number of methoxy groups -OCH3 is 1. The van der Waals surface area contributed by atoms with E-state index in [2.05, 4.69) is 5.32 Å². The Hall–Kier alpha value is -3.60. The van der Waals surface area contributed by atoms with Gasteiger partial charge in [-0.25, -0.2) is 8.42 Å². The van der Waals surface area contributed by atoms with Crippen LogP contribution >= 0.6 is 0 Å². The van der Waals surface area contributed by atoms with Crippen LogP contribution in [-0.2, 0) is 22.6 Å². The summed E-state index contributed by atoms with van der Waals surface area (Å²) >= 11 is 0. The number of amides is 1. The van der Waals surface area contributed by atoms with E-state index in [9.17, 15) is 31.2 Å². The van der Waals surface area contributed by atoms with Gasteiger partial charge in [-0.2, -0.15) is 13.2 Å². The van der Waals surface area contributed by atoms with Crippen LogP contribution in [0.4, 0.5) is 13.2 Å². The normalized spacial score (nSPS) is 11.8. The molecule has 180 valence electrons. The Morgan fingerprint density at radius 2 is 1.74 bits per heavy atom. The minimum atomic E-state index is -4.61. The zero-order chi connectivity index (χ0) is 25.3. The molecular formula is C23H21F3N2O5S. The number of hydrogen-bond acceptors (Lipinski definition) is 5. The van der Waals surface area contributed by atoms with Crippen molar-refractivity contribution in [2.75, 3.05) is 13.4 Å². The Labute approximate surface area is 193 Å². The van der Waals surface area contributed by atoms with Gasteiger partial charge in [0, 0.05) is 24.6 Å². The largest absolute Gasteiger partial charge is 0.495 e. The summed E-state index contributed by atoms with van der Waals surface area (Å²) in [6.45, 7) is 1.48. The second kappa shape index (κ2) is 9.34. The third-order valence-corrected chi connectivity index (χ3v) is 6.23. The van der Waals surface area contributed by atoms with Gasteiger partial charge < -0.3 is 10.1 Å². The number of nitrogens with zero attached hydrogens (tertiary/aromatic N) is 1. The van der Waals surface area contributed by atoms with Gasteiger partial charge in [-0.15, -0.1) is 0 Å². The molecule has 0 spiro atoms. The zero-order valence-corrected chi connectivity index (χ0v) is 19.3. The molecule has 2 aromatic carbocycles. The quantitative estimate of drug-likeness (QED) is 0.566. The Morgan fingerprint density at radius 1 is 1.09 bits per heavy atom. The first-order valence-electron chi connectivity index (χ1n) is 9.88. The van der Waals surface area contributed by atoms with Gasteiger partial charge in [0.05, 0.1) is 23.3 Å². The molecule has 0 aliphatic heterocycles. The van der Waals surface area contributed by atoms with Crippen LogP contribution in [0.2, 0.25) is 0 Å². The maximum atomic E-state index is 13.2. The average molecular weight is 494 g/mol. The minimum absolute atomic E-state index is 0.0118. The number of aromatic nitrogens is 1. The van der Waals surface area contributed by atoms with Gasteiger partial charge in [-0.1, -0.05) is 18.2 Å². The second-order valence-electron chi connectivity index (χ2n) is 7.50. The van der Waals surface area contributed by atoms with Crippen LogP contribution in [0.15, 0.2) is 64.3 Å². The van der Waals surface area contributed by atoms with Crippen molar-refractivity contribution < 1.29 is 31.1 Å². The van der Waals surface area contributed by atoms with E-state index in [1.54, 1.807) is 0 Å². The van der Waals surface area contributed by atoms with Crippen molar-refractivity contribution in [1.82, 2.24) is 9.88 Å². The topological polar surface area (TPSA) is 94.5 Å². The number of nitrogens with one attached hydrogen (secondary N) is 1. The van der Waals surface area contributed by atoms with E-state index in [-0.39, 0.29) is 34.1 Å². The maximum Gasteiger partial charge on any atom is 0.416 e. The zero-order valence-electron chi connectivity index (χ0n) is 18.4. The number of carbonyl (C=O) groups excluding carboxylic acids is 1. The molecule has 1 aromatic heterocycles. The Kier molecular flexibility index (Phi) is 6.87. The fraction of sp³-hybridized carbons (Fsp3) is 0.217.